The quantitative estimate of drug-likeness (QED) is 0.807. The van der Waals surface area contributed by atoms with E-state index < -0.39 is 10.0 Å². The molecule has 1 aromatic carbocycles. The second-order valence-electron chi connectivity index (χ2n) is 7.26. The molecular formula is C21H27N3O3S. The van der Waals surface area contributed by atoms with E-state index in [0.717, 1.165) is 30.5 Å². The first-order chi connectivity index (χ1) is 13.4. The number of carbonyl (C=O) groups is 1. The van der Waals surface area contributed by atoms with Crippen LogP contribution in [0.2, 0.25) is 0 Å². The van der Waals surface area contributed by atoms with Crippen molar-refractivity contribution in [1.82, 2.24) is 14.6 Å². The van der Waals surface area contributed by atoms with Gasteiger partial charge in [-0.05, 0) is 56.5 Å². The highest BCUT2D eigenvalue weighted by Crippen LogP contribution is 2.26. The number of nitrogens with one attached hydrogen (secondary N) is 1. The second-order valence-corrected chi connectivity index (χ2v) is 9.15. The van der Waals surface area contributed by atoms with Gasteiger partial charge in [-0.3, -0.25) is 9.78 Å². The molecule has 1 aliphatic heterocycles. The Morgan fingerprint density at radius 3 is 2.79 bits per heavy atom. The Kier molecular flexibility index (Phi) is 6.46. The summed E-state index contributed by atoms with van der Waals surface area (Å²) >= 11 is 0. The molecular weight excluding hydrogens is 374 g/mol. The van der Waals surface area contributed by atoms with Crippen molar-refractivity contribution >= 4 is 15.9 Å². The molecule has 0 unspecified atom stereocenters. The zero-order valence-electron chi connectivity index (χ0n) is 16.4. The minimum Gasteiger partial charge on any atom is -0.352 e. The number of rotatable bonds is 6. The molecule has 1 aliphatic rings. The van der Waals surface area contributed by atoms with Crippen molar-refractivity contribution in [1.29, 1.82) is 0 Å². The van der Waals surface area contributed by atoms with Gasteiger partial charge < -0.3 is 5.32 Å². The van der Waals surface area contributed by atoms with Gasteiger partial charge in [0.25, 0.3) is 5.91 Å². The van der Waals surface area contributed by atoms with Crippen molar-refractivity contribution in [3.63, 3.8) is 0 Å². The molecule has 0 aliphatic carbocycles. The third kappa shape index (κ3) is 4.59. The van der Waals surface area contributed by atoms with Gasteiger partial charge in [0, 0.05) is 43.0 Å². The zero-order chi connectivity index (χ0) is 20.1. The number of amides is 1. The molecule has 3 rings (SSSR count). The number of aromatic nitrogens is 1. The molecule has 1 amide bonds. The van der Waals surface area contributed by atoms with Crippen molar-refractivity contribution in [2.75, 3.05) is 13.1 Å². The summed E-state index contributed by atoms with van der Waals surface area (Å²) in [5, 5.41) is 2.87. The van der Waals surface area contributed by atoms with E-state index >= 15 is 0 Å². The smallest absolute Gasteiger partial charge is 0.251 e. The van der Waals surface area contributed by atoms with Crippen LogP contribution in [0.25, 0.3) is 0 Å². The fourth-order valence-electron chi connectivity index (χ4n) is 3.52. The molecule has 0 bridgehead atoms. The summed E-state index contributed by atoms with van der Waals surface area (Å²) in [6.07, 6.45) is 5.12. The third-order valence-corrected chi connectivity index (χ3v) is 7.20. The van der Waals surface area contributed by atoms with Crippen LogP contribution in [0, 0.1) is 6.92 Å². The molecule has 7 heteroatoms. The summed E-state index contributed by atoms with van der Waals surface area (Å²) < 4.78 is 27.7. The first-order valence-corrected chi connectivity index (χ1v) is 11.1. The lowest BCUT2D eigenvalue weighted by Gasteiger charge is -2.32. The highest BCUT2D eigenvalue weighted by atomic mass is 32.2. The lowest BCUT2D eigenvalue weighted by atomic mass is 10.1. The normalized spacial score (nSPS) is 18.0. The van der Waals surface area contributed by atoms with Crippen molar-refractivity contribution in [3.05, 3.63) is 59.4 Å². The maximum absolute atomic E-state index is 13.1. The molecule has 28 heavy (non-hydrogen) atoms. The van der Waals surface area contributed by atoms with E-state index in [1.165, 1.54) is 6.07 Å². The van der Waals surface area contributed by atoms with E-state index in [1.54, 1.807) is 22.6 Å². The largest absolute Gasteiger partial charge is 0.352 e. The number of nitrogens with zero attached hydrogens (tertiary/aromatic N) is 2. The summed E-state index contributed by atoms with van der Waals surface area (Å²) in [5.41, 5.74) is 2.04. The topological polar surface area (TPSA) is 79.4 Å². The number of sulfonamides is 1. The average molecular weight is 402 g/mol. The summed E-state index contributed by atoms with van der Waals surface area (Å²) in [5.74, 6) is -0.267. The molecule has 1 atom stereocenters. The Bertz CT molecular complexity index is 929. The number of benzene rings is 1. The molecule has 6 nitrogen and oxygen atoms in total. The van der Waals surface area contributed by atoms with Gasteiger partial charge in [-0.25, -0.2) is 8.42 Å². The van der Waals surface area contributed by atoms with E-state index in [1.807, 2.05) is 32.0 Å². The number of hydrogen-bond donors (Lipinski definition) is 1. The zero-order valence-corrected chi connectivity index (χ0v) is 17.2. The molecule has 150 valence electrons. The molecule has 2 heterocycles. The molecule has 1 saturated heterocycles. The first kappa shape index (κ1) is 20.5. The standard InChI is InChI=1S/C21H27N3O3S/c1-16-9-10-19(28(26,27)24-14-6-4-7-17(24)2)15-20(16)21(25)23-13-11-18-8-3-5-12-22-18/h3,5,8-10,12,15,17H,4,6-7,11,13-14H2,1-2H3,(H,23,25)/t17-/m0/s1. The van der Waals surface area contributed by atoms with Crippen LogP contribution in [0.4, 0.5) is 0 Å². The van der Waals surface area contributed by atoms with Gasteiger partial charge in [0.05, 0.1) is 4.90 Å². The predicted octanol–water partition coefficient (Wildman–Crippen LogP) is 2.93. The number of carbonyl (C=O) groups excluding carboxylic acids is 1. The van der Waals surface area contributed by atoms with Gasteiger partial charge in [-0.15, -0.1) is 0 Å². The Hall–Kier alpha value is -2.25. The van der Waals surface area contributed by atoms with Gasteiger partial charge >= 0.3 is 0 Å². The van der Waals surface area contributed by atoms with Crippen LogP contribution >= 0.6 is 0 Å². The maximum atomic E-state index is 13.1. The Morgan fingerprint density at radius 2 is 2.07 bits per heavy atom. The highest BCUT2D eigenvalue weighted by Gasteiger charge is 2.31. The third-order valence-electron chi connectivity index (χ3n) is 5.20. The summed E-state index contributed by atoms with van der Waals surface area (Å²) in [6, 6.07) is 10.4. The number of pyridine rings is 1. The average Bonchev–Trinajstić information content (AvgIpc) is 2.69. The van der Waals surface area contributed by atoms with Crippen LogP contribution in [0.15, 0.2) is 47.5 Å². The molecule has 0 radical (unpaired) electrons. The number of hydrogen-bond acceptors (Lipinski definition) is 4. The molecule has 0 saturated carbocycles. The fraction of sp³-hybridized carbons (Fsp3) is 0.429. The van der Waals surface area contributed by atoms with Gasteiger partial charge in [-0.2, -0.15) is 4.31 Å². The minimum atomic E-state index is -3.60. The van der Waals surface area contributed by atoms with Gasteiger partial charge in [-0.1, -0.05) is 18.6 Å². The van der Waals surface area contributed by atoms with Crippen LogP contribution in [0.3, 0.4) is 0 Å². The van der Waals surface area contributed by atoms with Crippen LogP contribution in [0.5, 0.6) is 0 Å². The Morgan fingerprint density at radius 1 is 1.25 bits per heavy atom. The second kappa shape index (κ2) is 8.84. The SMILES string of the molecule is Cc1ccc(S(=O)(=O)N2CCCC[C@@H]2C)cc1C(=O)NCCc1ccccn1. The lowest BCUT2D eigenvalue weighted by Crippen LogP contribution is -2.42. The van der Waals surface area contributed by atoms with Gasteiger partial charge in [0.1, 0.15) is 0 Å². The van der Waals surface area contributed by atoms with E-state index in [9.17, 15) is 13.2 Å². The first-order valence-electron chi connectivity index (χ1n) is 9.70. The molecule has 0 spiro atoms. The van der Waals surface area contributed by atoms with Gasteiger partial charge in [0.2, 0.25) is 10.0 Å². The van der Waals surface area contributed by atoms with E-state index in [0.29, 0.717) is 25.1 Å². The fourth-order valence-corrected chi connectivity index (χ4v) is 5.24. The monoisotopic (exact) mass is 401 g/mol. The predicted molar refractivity (Wildman–Crippen MR) is 109 cm³/mol. The van der Waals surface area contributed by atoms with E-state index in [-0.39, 0.29) is 16.8 Å². The summed E-state index contributed by atoms with van der Waals surface area (Å²) in [7, 11) is -3.60. The van der Waals surface area contributed by atoms with Crippen molar-refractivity contribution < 1.29 is 13.2 Å². The van der Waals surface area contributed by atoms with Crippen molar-refractivity contribution in [2.24, 2.45) is 0 Å². The van der Waals surface area contributed by atoms with Crippen LogP contribution in [-0.4, -0.2) is 42.7 Å². The van der Waals surface area contributed by atoms with Crippen molar-refractivity contribution in [3.8, 4) is 0 Å². The molecule has 1 N–H and O–H groups in total. The Labute approximate surface area is 167 Å². The highest BCUT2D eigenvalue weighted by molar-refractivity contribution is 7.89. The van der Waals surface area contributed by atoms with E-state index in [2.05, 4.69) is 10.3 Å². The van der Waals surface area contributed by atoms with Crippen LogP contribution in [0.1, 0.15) is 47.8 Å². The molecule has 1 fully saturated rings. The lowest BCUT2D eigenvalue weighted by molar-refractivity contribution is 0.0953. The maximum Gasteiger partial charge on any atom is 0.251 e. The van der Waals surface area contributed by atoms with Crippen molar-refractivity contribution in [2.45, 2.75) is 50.5 Å². The summed E-state index contributed by atoms with van der Waals surface area (Å²) in [6.45, 7) is 4.72. The molecule has 1 aromatic heterocycles. The van der Waals surface area contributed by atoms with Gasteiger partial charge in [0.15, 0.2) is 0 Å². The van der Waals surface area contributed by atoms with Crippen LogP contribution < -0.4 is 5.32 Å². The van der Waals surface area contributed by atoms with E-state index in [4.69, 9.17) is 0 Å². The van der Waals surface area contributed by atoms with Crippen LogP contribution in [-0.2, 0) is 16.4 Å². The Balaban J connectivity index is 1.74. The number of aryl methyl sites for hydroxylation is 1. The molecule has 2 aromatic rings. The summed E-state index contributed by atoms with van der Waals surface area (Å²) in [4.78, 5) is 17.1. The number of piperidine rings is 1. The minimum absolute atomic E-state index is 0.0179.